The molecule has 0 bridgehead atoms. The molecule has 0 saturated carbocycles. The molecule has 1 atom stereocenters. The highest BCUT2D eigenvalue weighted by Crippen LogP contribution is 2.13. The van der Waals surface area contributed by atoms with Gasteiger partial charge in [0.25, 0.3) is 5.91 Å². The van der Waals surface area contributed by atoms with Crippen molar-refractivity contribution in [3.05, 3.63) is 65.7 Å². The minimum atomic E-state index is -0.0678. The molecule has 0 aliphatic rings. The van der Waals surface area contributed by atoms with Crippen LogP contribution in [0.2, 0.25) is 0 Å². The molecule has 1 unspecified atom stereocenters. The van der Waals surface area contributed by atoms with Gasteiger partial charge in [0.2, 0.25) is 0 Å². The summed E-state index contributed by atoms with van der Waals surface area (Å²) in [7, 11) is 7.36. The van der Waals surface area contributed by atoms with E-state index in [9.17, 15) is 4.79 Å². The zero-order chi connectivity index (χ0) is 23.3. The van der Waals surface area contributed by atoms with E-state index in [-0.39, 0.29) is 12.5 Å². The van der Waals surface area contributed by atoms with Crippen molar-refractivity contribution in [3.8, 4) is 5.75 Å². The SMILES string of the molecule is CN=C(NCCC(C)N(C)Cc1ccccc1)NCc1cccc(OCC(=O)N(C)C)c1. The molecule has 0 saturated heterocycles. The van der Waals surface area contributed by atoms with Gasteiger partial charge >= 0.3 is 0 Å². The van der Waals surface area contributed by atoms with Crippen LogP contribution in [0.4, 0.5) is 0 Å². The Bertz CT molecular complexity index is 854. The molecule has 0 spiro atoms. The largest absolute Gasteiger partial charge is 0.484 e. The molecule has 32 heavy (non-hydrogen) atoms. The number of guanidine groups is 1. The zero-order valence-corrected chi connectivity index (χ0v) is 20.0. The highest BCUT2D eigenvalue weighted by molar-refractivity contribution is 5.79. The minimum Gasteiger partial charge on any atom is -0.484 e. The summed E-state index contributed by atoms with van der Waals surface area (Å²) in [4.78, 5) is 19.9. The monoisotopic (exact) mass is 439 g/mol. The molecule has 1 amide bonds. The van der Waals surface area contributed by atoms with E-state index >= 15 is 0 Å². The molecule has 0 fully saturated rings. The number of amides is 1. The second-order valence-electron chi connectivity index (χ2n) is 8.12. The van der Waals surface area contributed by atoms with Crippen molar-refractivity contribution >= 4 is 11.9 Å². The number of benzene rings is 2. The zero-order valence-electron chi connectivity index (χ0n) is 20.0. The van der Waals surface area contributed by atoms with E-state index in [0.717, 1.165) is 31.0 Å². The Hall–Kier alpha value is -3.06. The Morgan fingerprint density at radius 2 is 1.75 bits per heavy atom. The van der Waals surface area contributed by atoms with Crippen molar-refractivity contribution in [2.75, 3.05) is 41.3 Å². The normalized spacial score (nSPS) is 12.4. The van der Waals surface area contributed by atoms with Crippen molar-refractivity contribution in [2.45, 2.75) is 32.5 Å². The van der Waals surface area contributed by atoms with Gasteiger partial charge in [0, 0.05) is 46.8 Å². The van der Waals surface area contributed by atoms with E-state index < -0.39 is 0 Å². The molecule has 0 aliphatic carbocycles. The quantitative estimate of drug-likeness (QED) is 0.416. The van der Waals surface area contributed by atoms with Gasteiger partial charge in [-0.2, -0.15) is 0 Å². The van der Waals surface area contributed by atoms with Crippen molar-refractivity contribution in [1.29, 1.82) is 0 Å². The number of rotatable bonds is 11. The van der Waals surface area contributed by atoms with Crippen LogP contribution >= 0.6 is 0 Å². The van der Waals surface area contributed by atoms with Gasteiger partial charge in [-0.15, -0.1) is 0 Å². The van der Waals surface area contributed by atoms with Gasteiger partial charge in [-0.3, -0.25) is 14.7 Å². The van der Waals surface area contributed by atoms with E-state index in [1.54, 1.807) is 21.1 Å². The molecule has 0 radical (unpaired) electrons. The number of nitrogens with one attached hydrogen (secondary N) is 2. The number of carbonyl (C=O) groups is 1. The molecule has 2 aromatic carbocycles. The van der Waals surface area contributed by atoms with Crippen LogP contribution in [0.25, 0.3) is 0 Å². The lowest BCUT2D eigenvalue weighted by molar-refractivity contribution is -0.130. The van der Waals surface area contributed by atoms with Crippen LogP contribution in [0, 0.1) is 0 Å². The maximum absolute atomic E-state index is 11.7. The van der Waals surface area contributed by atoms with Crippen LogP contribution in [0.1, 0.15) is 24.5 Å². The summed E-state index contributed by atoms with van der Waals surface area (Å²) in [5.74, 6) is 1.37. The summed E-state index contributed by atoms with van der Waals surface area (Å²) < 4.78 is 5.59. The summed E-state index contributed by atoms with van der Waals surface area (Å²) in [5.41, 5.74) is 2.38. The Balaban J connectivity index is 1.73. The van der Waals surface area contributed by atoms with Gasteiger partial charge in [0.1, 0.15) is 5.75 Å². The van der Waals surface area contributed by atoms with Crippen molar-refractivity contribution in [3.63, 3.8) is 0 Å². The van der Waals surface area contributed by atoms with E-state index in [1.165, 1.54) is 10.5 Å². The predicted molar refractivity (Wildman–Crippen MR) is 131 cm³/mol. The van der Waals surface area contributed by atoms with E-state index in [0.29, 0.717) is 18.3 Å². The number of nitrogens with zero attached hydrogens (tertiary/aromatic N) is 3. The van der Waals surface area contributed by atoms with E-state index in [2.05, 4.69) is 58.8 Å². The summed E-state index contributed by atoms with van der Waals surface area (Å²) in [5, 5.41) is 6.72. The van der Waals surface area contributed by atoms with Crippen LogP contribution in [0.3, 0.4) is 0 Å². The van der Waals surface area contributed by atoms with Crippen LogP contribution in [-0.2, 0) is 17.9 Å². The number of ether oxygens (including phenoxy) is 1. The number of hydrogen-bond donors (Lipinski definition) is 2. The molecule has 2 rings (SSSR count). The van der Waals surface area contributed by atoms with Crippen LogP contribution in [0.15, 0.2) is 59.6 Å². The Kier molecular flexibility index (Phi) is 10.5. The van der Waals surface area contributed by atoms with Crippen molar-refractivity contribution in [2.24, 2.45) is 4.99 Å². The first-order valence-electron chi connectivity index (χ1n) is 11.0. The number of likely N-dealkylation sites (N-methyl/N-ethyl adjacent to an activating group) is 1. The second-order valence-corrected chi connectivity index (χ2v) is 8.12. The minimum absolute atomic E-state index is 0.0318. The lowest BCUT2D eigenvalue weighted by Crippen LogP contribution is -2.39. The van der Waals surface area contributed by atoms with Gasteiger partial charge in [0.15, 0.2) is 12.6 Å². The van der Waals surface area contributed by atoms with Crippen molar-refractivity contribution in [1.82, 2.24) is 20.4 Å². The number of aliphatic imine (C=N–C) groups is 1. The molecule has 2 N–H and O–H groups in total. The third-order valence-corrected chi connectivity index (χ3v) is 5.32. The maximum atomic E-state index is 11.7. The first-order valence-corrected chi connectivity index (χ1v) is 11.0. The van der Waals surface area contributed by atoms with Gasteiger partial charge in [-0.1, -0.05) is 42.5 Å². The van der Waals surface area contributed by atoms with Gasteiger partial charge in [0.05, 0.1) is 0 Å². The standard InChI is InChI=1S/C25H37N5O2/c1-20(30(5)18-21-10-7-6-8-11-21)14-15-27-25(26-2)28-17-22-12-9-13-23(16-22)32-19-24(31)29(3)4/h6-13,16,20H,14-15,17-19H2,1-5H3,(H2,26,27,28). The maximum Gasteiger partial charge on any atom is 0.259 e. The average molecular weight is 440 g/mol. The molecule has 2 aromatic rings. The second kappa shape index (κ2) is 13.4. The third kappa shape index (κ3) is 8.98. The summed E-state index contributed by atoms with van der Waals surface area (Å²) >= 11 is 0. The lowest BCUT2D eigenvalue weighted by Gasteiger charge is -2.25. The first-order chi connectivity index (χ1) is 15.4. The highest BCUT2D eigenvalue weighted by Gasteiger charge is 2.10. The molecule has 174 valence electrons. The molecular formula is C25H37N5O2. The van der Waals surface area contributed by atoms with Crippen molar-refractivity contribution < 1.29 is 9.53 Å². The smallest absolute Gasteiger partial charge is 0.259 e. The molecule has 0 aliphatic heterocycles. The van der Waals surface area contributed by atoms with Crippen LogP contribution in [-0.4, -0.2) is 69.1 Å². The topological polar surface area (TPSA) is 69.2 Å². The highest BCUT2D eigenvalue weighted by atomic mass is 16.5. The fourth-order valence-electron chi connectivity index (χ4n) is 3.07. The molecule has 7 heteroatoms. The van der Waals surface area contributed by atoms with Gasteiger partial charge < -0.3 is 20.3 Å². The van der Waals surface area contributed by atoms with Crippen LogP contribution in [0.5, 0.6) is 5.75 Å². The number of carbonyl (C=O) groups excluding carboxylic acids is 1. The molecule has 0 aromatic heterocycles. The Labute approximate surface area is 192 Å². The van der Waals surface area contributed by atoms with Gasteiger partial charge in [-0.25, -0.2) is 0 Å². The Morgan fingerprint density at radius 3 is 2.44 bits per heavy atom. The summed E-state index contributed by atoms with van der Waals surface area (Å²) in [6.45, 7) is 4.66. The fourth-order valence-corrected chi connectivity index (χ4v) is 3.07. The average Bonchev–Trinajstić information content (AvgIpc) is 2.80. The summed E-state index contributed by atoms with van der Waals surface area (Å²) in [6, 6.07) is 18.7. The number of hydrogen-bond acceptors (Lipinski definition) is 4. The predicted octanol–water partition coefficient (Wildman–Crippen LogP) is 2.73. The summed E-state index contributed by atoms with van der Waals surface area (Å²) in [6.07, 6.45) is 1.01. The van der Waals surface area contributed by atoms with E-state index in [1.807, 2.05) is 30.3 Å². The molecular weight excluding hydrogens is 402 g/mol. The lowest BCUT2D eigenvalue weighted by atomic mass is 10.1. The first kappa shape index (κ1) is 25.2. The fraction of sp³-hybridized carbons (Fsp3) is 0.440. The molecule has 7 nitrogen and oxygen atoms in total. The third-order valence-electron chi connectivity index (χ3n) is 5.32. The van der Waals surface area contributed by atoms with E-state index in [4.69, 9.17) is 4.74 Å². The van der Waals surface area contributed by atoms with Crippen LogP contribution < -0.4 is 15.4 Å². The Morgan fingerprint density at radius 1 is 1.03 bits per heavy atom. The molecule has 0 heterocycles. The van der Waals surface area contributed by atoms with Gasteiger partial charge in [-0.05, 0) is 43.7 Å².